The molecule has 144 valence electrons. The highest BCUT2D eigenvalue weighted by Gasteiger charge is 2.19. The summed E-state index contributed by atoms with van der Waals surface area (Å²) in [5, 5.41) is 1.18. The Labute approximate surface area is 176 Å². The van der Waals surface area contributed by atoms with Gasteiger partial charge in [0.15, 0.2) is 10.9 Å². The molecule has 3 rings (SSSR count). The lowest BCUT2D eigenvalue weighted by molar-refractivity contribution is -0.112. The van der Waals surface area contributed by atoms with Gasteiger partial charge in [0.05, 0.1) is 21.7 Å². The highest BCUT2D eigenvalue weighted by Crippen LogP contribution is 2.30. The molecule has 0 amide bonds. The van der Waals surface area contributed by atoms with E-state index >= 15 is 0 Å². The van der Waals surface area contributed by atoms with Crippen LogP contribution in [0.25, 0.3) is 15.9 Å². The van der Waals surface area contributed by atoms with E-state index in [9.17, 15) is 9.59 Å². The van der Waals surface area contributed by atoms with Gasteiger partial charge in [0.25, 0.3) is 5.56 Å². The summed E-state index contributed by atoms with van der Waals surface area (Å²) in [7, 11) is 0. The van der Waals surface area contributed by atoms with E-state index in [1.165, 1.54) is 34.9 Å². The molecule has 0 aliphatic heterocycles. The van der Waals surface area contributed by atoms with Crippen molar-refractivity contribution in [3.05, 3.63) is 74.8 Å². The number of carbonyl (C=O) groups excluding carboxylic acids is 1. The van der Waals surface area contributed by atoms with Crippen LogP contribution in [0, 0.1) is 13.8 Å². The Kier molecular flexibility index (Phi) is 6.59. The zero-order valence-corrected chi connectivity index (χ0v) is 18.3. The van der Waals surface area contributed by atoms with Crippen molar-refractivity contribution in [1.82, 2.24) is 9.55 Å². The molecule has 0 atom stereocenters. The van der Waals surface area contributed by atoms with E-state index in [1.807, 2.05) is 50.4 Å². The number of allylic oxidation sites excluding steroid dienone is 3. The van der Waals surface area contributed by atoms with Crippen LogP contribution >= 0.6 is 34.9 Å². The summed E-state index contributed by atoms with van der Waals surface area (Å²) in [5.74, 6) is 0.194. The van der Waals surface area contributed by atoms with Gasteiger partial charge in [-0.15, -0.1) is 23.1 Å². The van der Waals surface area contributed by atoms with Gasteiger partial charge in [-0.25, -0.2) is 4.98 Å². The number of benzene rings is 1. The van der Waals surface area contributed by atoms with E-state index in [1.54, 1.807) is 16.7 Å². The molecular weight excluding hydrogens is 408 g/mol. The third-order valence-electron chi connectivity index (χ3n) is 4.28. The van der Waals surface area contributed by atoms with Crippen LogP contribution in [0.5, 0.6) is 0 Å². The molecule has 0 bridgehead atoms. The van der Waals surface area contributed by atoms with Crippen LogP contribution in [0.3, 0.4) is 0 Å². The minimum Gasteiger partial charge on any atom is -0.293 e. The van der Waals surface area contributed by atoms with Crippen molar-refractivity contribution in [2.45, 2.75) is 19.0 Å². The molecule has 0 unspecified atom stereocenters. The summed E-state index contributed by atoms with van der Waals surface area (Å²) < 4.78 is 1.61. The highest BCUT2D eigenvalue weighted by molar-refractivity contribution is 8.04. The van der Waals surface area contributed by atoms with Gasteiger partial charge in [0.2, 0.25) is 0 Å². The minimum atomic E-state index is -0.0975. The van der Waals surface area contributed by atoms with E-state index in [0.717, 1.165) is 16.1 Å². The van der Waals surface area contributed by atoms with Crippen LogP contribution in [0.15, 0.2) is 63.9 Å². The third kappa shape index (κ3) is 4.01. The lowest BCUT2D eigenvalue weighted by Gasteiger charge is -2.12. The maximum Gasteiger partial charge on any atom is 0.267 e. The van der Waals surface area contributed by atoms with E-state index in [2.05, 4.69) is 6.58 Å². The molecule has 28 heavy (non-hydrogen) atoms. The van der Waals surface area contributed by atoms with Crippen LogP contribution in [0.4, 0.5) is 0 Å². The number of fused-ring (bicyclic) bond motifs is 1. The van der Waals surface area contributed by atoms with Crippen molar-refractivity contribution >= 4 is 50.9 Å². The van der Waals surface area contributed by atoms with Gasteiger partial charge in [0.1, 0.15) is 4.83 Å². The number of hydrogen-bond acceptors (Lipinski definition) is 6. The predicted octanol–water partition coefficient (Wildman–Crippen LogP) is 5.16. The molecule has 0 aliphatic rings. The standard InChI is InChI=1S/C21H20N2O2S3/c1-5-9-17(26-4)16(24)12-27-21-22-19-18(13(2)14(3)28-19)20(25)23(21)15-10-7-6-8-11-15/h5-11H,1,12H2,2-4H3/b17-9-. The normalized spacial score (nSPS) is 11.8. The largest absolute Gasteiger partial charge is 0.293 e. The molecule has 0 fully saturated rings. The van der Waals surface area contributed by atoms with Crippen LogP contribution in [-0.2, 0) is 4.79 Å². The second kappa shape index (κ2) is 8.94. The summed E-state index contributed by atoms with van der Waals surface area (Å²) in [5.41, 5.74) is 1.61. The molecule has 2 heterocycles. The number of carbonyl (C=O) groups is 1. The topological polar surface area (TPSA) is 52.0 Å². The molecule has 4 nitrogen and oxygen atoms in total. The molecular formula is C21H20N2O2S3. The van der Waals surface area contributed by atoms with Crippen molar-refractivity contribution in [1.29, 1.82) is 0 Å². The van der Waals surface area contributed by atoms with Gasteiger partial charge >= 0.3 is 0 Å². The molecule has 2 aromatic heterocycles. The van der Waals surface area contributed by atoms with Gasteiger partial charge in [-0.05, 0) is 43.9 Å². The number of para-hydroxylation sites is 1. The number of ketones is 1. The fourth-order valence-corrected chi connectivity index (χ4v) is 5.35. The fourth-order valence-electron chi connectivity index (χ4n) is 2.76. The zero-order valence-electron chi connectivity index (χ0n) is 15.9. The maximum atomic E-state index is 13.3. The van der Waals surface area contributed by atoms with Crippen LogP contribution in [0.2, 0.25) is 0 Å². The van der Waals surface area contributed by atoms with Gasteiger partial charge < -0.3 is 0 Å². The van der Waals surface area contributed by atoms with E-state index in [-0.39, 0.29) is 17.1 Å². The van der Waals surface area contributed by atoms with Gasteiger partial charge in [-0.2, -0.15) is 0 Å². The Hall–Kier alpha value is -2.09. The lowest BCUT2D eigenvalue weighted by Crippen LogP contribution is -2.22. The number of rotatable bonds is 7. The van der Waals surface area contributed by atoms with Crippen molar-refractivity contribution in [2.75, 3.05) is 12.0 Å². The molecule has 0 saturated heterocycles. The molecule has 0 spiro atoms. The number of aryl methyl sites for hydroxylation is 2. The van der Waals surface area contributed by atoms with E-state index in [4.69, 9.17) is 4.98 Å². The zero-order chi connectivity index (χ0) is 20.3. The molecule has 1 aromatic carbocycles. The minimum absolute atomic E-state index is 0.00935. The van der Waals surface area contributed by atoms with Crippen LogP contribution in [-0.4, -0.2) is 27.3 Å². The van der Waals surface area contributed by atoms with E-state index < -0.39 is 0 Å². The molecule has 7 heteroatoms. The van der Waals surface area contributed by atoms with Crippen molar-refractivity contribution < 1.29 is 4.79 Å². The number of hydrogen-bond donors (Lipinski definition) is 0. The first-order chi connectivity index (χ1) is 13.5. The molecule has 0 radical (unpaired) electrons. The fraction of sp³-hybridized carbons (Fsp3) is 0.190. The van der Waals surface area contributed by atoms with E-state index in [0.29, 0.717) is 20.3 Å². The summed E-state index contributed by atoms with van der Waals surface area (Å²) in [4.78, 5) is 33.0. The first kappa shape index (κ1) is 20.6. The summed E-state index contributed by atoms with van der Waals surface area (Å²) in [6, 6.07) is 9.42. The predicted molar refractivity (Wildman–Crippen MR) is 122 cm³/mol. The molecule has 3 aromatic rings. The first-order valence-corrected chi connectivity index (χ1v) is 11.6. The second-order valence-electron chi connectivity index (χ2n) is 6.02. The van der Waals surface area contributed by atoms with Crippen LogP contribution in [0.1, 0.15) is 10.4 Å². The average Bonchev–Trinajstić information content (AvgIpc) is 2.98. The third-order valence-corrected chi connectivity index (χ3v) is 7.13. The quantitative estimate of drug-likeness (QED) is 0.225. The summed E-state index contributed by atoms with van der Waals surface area (Å²) in [6.07, 6.45) is 5.18. The highest BCUT2D eigenvalue weighted by atomic mass is 32.2. The molecule has 0 N–H and O–H groups in total. The number of nitrogens with zero attached hydrogens (tertiary/aromatic N) is 2. The Balaban J connectivity index is 2.11. The maximum absolute atomic E-state index is 13.3. The Bertz CT molecular complexity index is 1130. The Morgan fingerprint density at radius 3 is 2.64 bits per heavy atom. The van der Waals surface area contributed by atoms with Crippen LogP contribution < -0.4 is 5.56 Å². The van der Waals surface area contributed by atoms with Gasteiger partial charge in [-0.1, -0.05) is 42.6 Å². The lowest BCUT2D eigenvalue weighted by atomic mass is 10.2. The number of aromatic nitrogens is 2. The molecule has 0 aliphatic carbocycles. The Morgan fingerprint density at radius 1 is 1.29 bits per heavy atom. The number of thiophene rings is 1. The summed E-state index contributed by atoms with van der Waals surface area (Å²) >= 11 is 4.19. The van der Waals surface area contributed by atoms with Gasteiger partial charge in [0, 0.05) is 4.88 Å². The summed E-state index contributed by atoms with van der Waals surface area (Å²) in [6.45, 7) is 7.60. The smallest absolute Gasteiger partial charge is 0.267 e. The molecule has 0 saturated carbocycles. The van der Waals surface area contributed by atoms with Gasteiger partial charge in [-0.3, -0.25) is 14.2 Å². The number of Topliss-reactive ketones (excluding diaryl/α,β-unsaturated/α-hetero) is 1. The van der Waals surface area contributed by atoms with Crippen molar-refractivity contribution in [2.24, 2.45) is 0 Å². The van der Waals surface area contributed by atoms with Crippen molar-refractivity contribution in [3.8, 4) is 5.69 Å². The second-order valence-corrected chi connectivity index (χ2v) is 9.01. The Morgan fingerprint density at radius 2 is 2.00 bits per heavy atom. The first-order valence-electron chi connectivity index (χ1n) is 8.58. The number of thioether (sulfide) groups is 2. The average molecular weight is 429 g/mol. The monoisotopic (exact) mass is 428 g/mol. The SMILES string of the molecule is C=C/C=C(\SC)C(=O)CSc1nc2sc(C)c(C)c2c(=O)n1-c1ccccc1. The van der Waals surface area contributed by atoms with Crippen molar-refractivity contribution in [3.63, 3.8) is 0 Å².